The lowest BCUT2D eigenvalue weighted by Gasteiger charge is -2.17. The number of hydrogen-bond donors (Lipinski definition) is 3. The second-order valence-electron chi connectivity index (χ2n) is 9.13. The van der Waals surface area contributed by atoms with Crippen LogP contribution >= 0.6 is 23.1 Å². The lowest BCUT2D eigenvalue weighted by Crippen LogP contribution is -2.30. The molecule has 1 aromatic heterocycles. The van der Waals surface area contributed by atoms with Gasteiger partial charge in [0.2, 0.25) is 5.91 Å². The van der Waals surface area contributed by atoms with Crippen LogP contribution < -0.4 is 16.0 Å². The van der Waals surface area contributed by atoms with Crippen molar-refractivity contribution in [2.45, 2.75) is 37.3 Å². The third-order valence-corrected chi connectivity index (χ3v) is 7.94. The molecule has 1 heterocycles. The maximum Gasteiger partial charge on any atom is 0.272 e. The molecule has 0 aliphatic heterocycles. The Morgan fingerprint density at radius 1 is 0.950 bits per heavy atom. The van der Waals surface area contributed by atoms with Crippen LogP contribution in [0.15, 0.2) is 100 Å². The summed E-state index contributed by atoms with van der Waals surface area (Å²) in [6.07, 6.45) is 2.48. The fourth-order valence-corrected chi connectivity index (χ4v) is 5.54. The zero-order valence-electron chi connectivity index (χ0n) is 22.6. The van der Waals surface area contributed by atoms with E-state index in [1.807, 2.05) is 73.1 Å². The van der Waals surface area contributed by atoms with Crippen LogP contribution in [-0.2, 0) is 16.0 Å². The molecule has 4 aromatic rings. The van der Waals surface area contributed by atoms with Crippen LogP contribution in [-0.4, -0.2) is 23.0 Å². The molecule has 4 rings (SSSR count). The van der Waals surface area contributed by atoms with Gasteiger partial charge in [-0.2, -0.15) is 11.3 Å². The van der Waals surface area contributed by atoms with Gasteiger partial charge in [-0.1, -0.05) is 49.4 Å². The number of para-hydroxylation sites is 1. The summed E-state index contributed by atoms with van der Waals surface area (Å²) in [5, 5.41) is 12.2. The summed E-state index contributed by atoms with van der Waals surface area (Å²) < 4.78 is 0. The van der Waals surface area contributed by atoms with E-state index in [0.717, 1.165) is 33.7 Å². The van der Waals surface area contributed by atoms with Crippen LogP contribution in [0.3, 0.4) is 0 Å². The molecule has 0 fully saturated rings. The SMILES string of the molecule is CCc1cccc(C)c1NC(=O)C(C)Sc1cccc(NC(=O)/C(=C/c2ccsc2)NC(=O)c2ccccc2)c1. The normalized spacial score (nSPS) is 11.9. The number of amides is 3. The lowest BCUT2D eigenvalue weighted by atomic mass is 10.1. The summed E-state index contributed by atoms with van der Waals surface area (Å²) >= 11 is 2.91. The smallest absolute Gasteiger partial charge is 0.272 e. The van der Waals surface area contributed by atoms with E-state index in [1.165, 1.54) is 23.1 Å². The monoisotopic (exact) mass is 569 g/mol. The lowest BCUT2D eigenvalue weighted by molar-refractivity contribution is -0.115. The van der Waals surface area contributed by atoms with Gasteiger partial charge < -0.3 is 16.0 Å². The van der Waals surface area contributed by atoms with E-state index in [4.69, 9.17) is 0 Å². The van der Waals surface area contributed by atoms with Crippen LogP contribution in [0.5, 0.6) is 0 Å². The molecule has 0 bridgehead atoms. The number of aryl methyl sites for hydroxylation is 2. The van der Waals surface area contributed by atoms with E-state index in [2.05, 4.69) is 22.9 Å². The summed E-state index contributed by atoms with van der Waals surface area (Å²) in [4.78, 5) is 39.9. The van der Waals surface area contributed by atoms with Crippen molar-refractivity contribution in [3.05, 3.63) is 118 Å². The average Bonchev–Trinajstić information content (AvgIpc) is 3.47. The molecular weight excluding hydrogens is 539 g/mol. The molecule has 0 saturated carbocycles. The zero-order valence-corrected chi connectivity index (χ0v) is 24.2. The minimum absolute atomic E-state index is 0.0898. The molecule has 3 N–H and O–H groups in total. The minimum Gasteiger partial charge on any atom is -0.325 e. The molecule has 8 heteroatoms. The van der Waals surface area contributed by atoms with E-state index in [9.17, 15) is 14.4 Å². The van der Waals surface area contributed by atoms with Gasteiger partial charge in [0.15, 0.2) is 0 Å². The van der Waals surface area contributed by atoms with E-state index in [1.54, 1.807) is 36.4 Å². The van der Waals surface area contributed by atoms with E-state index in [-0.39, 0.29) is 22.8 Å². The predicted molar refractivity (Wildman–Crippen MR) is 166 cm³/mol. The van der Waals surface area contributed by atoms with Crippen LogP contribution in [0.2, 0.25) is 0 Å². The molecule has 1 atom stereocenters. The third kappa shape index (κ3) is 7.71. The van der Waals surface area contributed by atoms with Crippen LogP contribution in [0, 0.1) is 6.92 Å². The number of rotatable bonds is 10. The Labute approximate surface area is 242 Å². The fourth-order valence-electron chi connectivity index (χ4n) is 4.00. The van der Waals surface area contributed by atoms with Crippen molar-refractivity contribution >= 4 is 58.3 Å². The second-order valence-corrected chi connectivity index (χ2v) is 11.3. The number of nitrogens with one attached hydrogen (secondary N) is 3. The van der Waals surface area contributed by atoms with Gasteiger partial charge in [0.1, 0.15) is 5.70 Å². The molecular formula is C32H31N3O3S2. The number of thioether (sulfide) groups is 1. The van der Waals surface area contributed by atoms with Gasteiger partial charge in [0, 0.05) is 21.8 Å². The molecule has 6 nitrogen and oxygen atoms in total. The standard InChI is InChI=1S/C32H31N3O3S2/c1-4-24-13-8-10-21(2)29(24)35-30(36)22(3)40-27-15-9-14-26(19-27)33-32(38)28(18-23-16-17-39-20-23)34-31(37)25-11-6-5-7-12-25/h5-20,22H,4H2,1-3H3,(H,33,38)(H,34,37)(H,35,36)/b28-18-. The largest absolute Gasteiger partial charge is 0.325 e. The highest BCUT2D eigenvalue weighted by atomic mass is 32.2. The quantitative estimate of drug-likeness (QED) is 0.140. The Balaban J connectivity index is 1.45. The van der Waals surface area contributed by atoms with E-state index >= 15 is 0 Å². The molecule has 0 spiro atoms. The summed E-state index contributed by atoms with van der Waals surface area (Å²) in [7, 11) is 0. The van der Waals surface area contributed by atoms with Gasteiger partial charge >= 0.3 is 0 Å². The third-order valence-electron chi connectivity index (χ3n) is 6.15. The Hall–Kier alpha value is -4.14. The van der Waals surface area contributed by atoms with Gasteiger partial charge in [-0.15, -0.1) is 11.8 Å². The number of anilines is 2. The van der Waals surface area contributed by atoms with Crippen molar-refractivity contribution in [3.8, 4) is 0 Å². The molecule has 0 radical (unpaired) electrons. The van der Waals surface area contributed by atoms with E-state index in [0.29, 0.717) is 11.3 Å². The molecule has 0 aliphatic carbocycles. The van der Waals surface area contributed by atoms with Crippen molar-refractivity contribution in [2.24, 2.45) is 0 Å². The highest BCUT2D eigenvalue weighted by Crippen LogP contribution is 2.28. The summed E-state index contributed by atoms with van der Waals surface area (Å²) in [5.41, 5.74) is 4.94. The number of thiophene rings is 1. The Morgan fingerprint density at radius 3 is 2.45 bits per heavy atom. The van der Waals surface area contributed by atoms with Crippen LogP contribution in [0.4, 0.5) is 11.4 Å². The predicted octanol–water partition coefficient (Wildman–Crippen LogP) is 7.15. The molecule has 40 heavy (non-hydrogen) atoms. The number of benzene rings is 3. The van der Waals surface area contributed by atoms with Crippen molar-refractivity contribution in [1.82, 2.24) is 5.32 Å². The molecule has 204 valence electrons. The number of hydrogen-bond acceptors (Lipinski definition) is 5. The molecule has 0 aliphatic rings. The molecule has 1 unspecified atom stereocenters. The first kappa shape index (κ1) is 28.9. The number of carbonyl (C=O) groups is 3. The Morgan fingerprint density at radius 2 is 1.73 bits per heavy atom. The maximum absolute atomic E-state index is 13.3. The Kier molecular flexibility index (Phi) is 9.94. The second kappa shape index (κ2) is 13.8. The van der Waals surface area contributed by atoms with E-state index < -0.39 is 5.91 Å². The molecule has 3 amide bonds. The van der Waals surface area contributed by atoms with Gasteiger partial charge in [-0.3, -0.25) is 14.4 Å². The van der Waals surface area contributed by atoms with Gasteiger partial charge in [-0.05, 0) is 90.2 Å². The highest BCUT2D eigenvalue weighted by Gasteiger charge is 2.18. The van der Waals surface area contributed by atoms with Crippen LogP contribution in [0.1, 0.15) is 40.9 Å². The first-order valence-electron chi connectivity index (χ1n) is 12.9. The zero-order chi connectivity index (χ0) is 28.5. The molecule has 3 aromatic carbocycles. The van der Waals surface area contributed by atoms with Gasteiger partial charge in [0.05, 0.1) is 5.25 Å². The van der Waals surface area contributed by atoms with Gasteiger partial charge in [-0.25, -0.2) is 0 Å². The summed E-state index contributed by atoms with van der Waals surface area (Å²) in [6.45, 7) is 5.91. The van der Waals surface area contributed by atoms with Crippen molar-refractivity contribution in [1.29, 1.82) is 0 Å². The topological polar surface area (TPSA) is 87.3 Å². The van der Waals surface area contributed by atoms with Crippen LogP contribution in [0.25, 0.3) is 6.08 Å². The van der Waals surface area contributed by atoms with Gasteiger partial charge in [0.25, 0.3) is 11.8 Å². The average molecular weight is 570 g/mol. The minimum atomic E-state index is -0.449. The fraction of sp³-hybridized carbons (Fsp3) is 0.156. The van der Waals surface area contributed by atoms with Crippen molar-refractivity contribution in [2.75, 3.05) is 10.6 Å². The summed E-state index contributed by atoms with van der Waals surface area (Å²) in [6, 6.07) is 23.9. The summed E-state index contributed by atoms with van der Waals surface area (Å²) in [5.74, 6) is -0.913. The highest BCUT2D eigenvalue weighted by molar-refractivity contribution is 8.00. The first-order chi connectivity index (χ1) is 19.3. The van der Waals surface area contributed by atoms with Crippen molar-refractivity contribution < 1.29 is 14.4 Å². The Bertz CT molecular complexity index is 1520. The number of carbonyl (C=O) groups excluding carboxylic acids is 3. The van der Waals surface area contributed by atoms with Crippen molar-refractivity contribution in [3.63, 3.8) is 0 Å². The molecule has 0 saturated heterocycles. The maximum atomic E-state index is 13.3. The first-order valence-corrected chi connectivity index (χ1v) is 14.7.